The molecule has 0 aliphatic carbocycles. The summed E-state index contributed by atoms with van der Waals surface area (Å²) in [6.07, 6.45) is 1.60. The summed E-state index contributed by atoms with van der Waals surface area (Å²) in [6.45, 7) is 4.19. The monoisotopic (exact) mass is 262 g/mol. The number of pyridine rings is 1. The van der Waals surface area contributed by atoms with Gasteiger partial charge < -0.3 is 4.98 Å². The first-order chi connectivity index (χ1) is 8.60. The van der Waals surface area contributed by atoms with Crippen LogP contribution >= 0.6 is 11.3 Å². The third-order valence-corrected chi connectivity index (χ3v) is 3.56. The fraction of sp³-hybridized carbons (Fsp3) is 0.308. The molecular weight excluding hydrogens is 248 g/mol. The summed E-state index contributed by atoms with van der Waals surface area (Å²) < 4.78 is 0. The maximum absolute atomic E-state index is 11.3. The first kappa shape index (κ1) is 12.7. The number of nitrogens with zero attached hydrogens (tertiary/aromatic N) is 1. The highest BCUT2D eigenvalue weighted by atomic mass is 32.1. The predicted molar refractivity (Wildman–Crippen MR) is 72.1 cm³/mol. The van der Waals surface area contributed by atoms with Crippen molar-refractivity contribution in [3.05, 3.63) is 39.1 Å². The number of hydrogen-bond acceptors (Lipinski definition) is 4. The van der Waals surface area contributed by atoms with E-state index in [9.17, 15) is 9.59 Å². The van der Waals surface area contributed by atoms with Gasteiger partial charge in [0.05, 0.1) is 5.69 Å². The molecule has 0 saturated heterocycles. The Kier molecular flexibility index (Phi) is 3.72. The van der Waals surface area contributed by atoms with Gasteiger partial charge in [-0.25, -0.2) is 4.98 Å². The van der Waals surface area contributed by atoms with E-state index in [0.717, 1.165) is 17.6 Å². The molecule has 0 bridgehead atoms. The average Bonchev–Trinajstić information content (AvgIpc) is 2.71. The lowest BCUT2D eigenvalue weighted by Crippen LogP contribution is -2.03. The normalized spacial score (nSPS) is 10.8. The van der Waals surface area contributed by atoms with Crippen LogP contribution in [0.25, 0.3) is 10.7 Å². The maximum Gasteiger partial charge on any atom is 0.248 e. The largest absolute Gasteiger partial charge is 0.320 e. The lowest BCUT2D eigenvalue weighted by Gasteiger charge is -2.00. The first-order valence-corrected chi connectivity index (χ1v) is 6.56. The van der Waals surface area contributed by atoms with Crippen LogP contribution in [0.5, 0.6) is 0 Å². The molecule has 18 heavy (non-hydrogen) atoms. The van der Waals surface area contributed by atoms with Gasteiger partial charge in [-0.2, -0.15) is 0 Å². The van der Waals surface area contributed by atoms with Gasteiger partial charge in [-0.05, 0) is 18.4 Å². The van der Waals surface area contributed by atoms with Crippen molar-refractivity contribution in [1.29, 1.82) is 0 Å². The van der Waals surface area contributed by atoms with E-state index in [-0.39, 0.29) is 5.56 Å². The summed E-state index contributed by atoms with van der Waals surface area (Å²) in [6, 6.07) is 4.92. The van der Waals surface area contributed by atoms with Gasteiger partial charge in [-0.15, -0.1) is 11.3 Å². The Labute approximate surface area is 109 Å². The quantitative estimate of drug-likeness (QED) is 0.861. The third-order valence-electron chi connectivity index (χ3n) is 2.43. The van der Waals surface area contributed by atoms with Crippen molar-refractivity contribution < 1.29 is 4.79 Å². The standard InChI is InChI=1S/C13H14N2O2S/c1-8(2)6-11-10(7-16)15-13(18-11)9-4-3-5-12(17)14-9/h3-5,7-8H,6H2,1-2H3,(H,14,17). The third kappa shape index (κ3) is 2.73. The molecule has 2 aromatic heterocycles. The van der Waals surface area contributed by atoms with Gasteiger partial charge >= 0.3 is 0 Å². The summed E-state index contributed by atoms with van der Waals surface area (Å²) in [5.41, 5.74) is 0.972. The molecule has 0 fully saturated rings. The number of rotatable bonds is 4. The Morgan fingerprint density at radius 2 is 2.22 bits per heavy atom. The van der Waals surface area contributed by atoms with Crippen LogP contribution in [-0.2, 0) is 6.42 Å². The Balaban J connectivity index is 2.43. The van der Waals surface area contributed by atoms with E-state index < -0.39 is 0 Å². The van der Waals surface area contributed by atoms with E-state index >= 15 is 0 Å². The van der Waals surface area contributed by atoms with Gasteiger partial charge in [-0.3, -0.25) is 9.59 Å². The van der Waals surface area contributed by atoms with E-state index in [1.54, 1.807) is 12.1 Å². The lowest BCUT2D eigenvalue weighted by molar-refractivity contribution is 0.111. The molecule has 0 aromatic carbocycles. The van der Waals surface area contributed by atoms with Crippen LogP contribution < -0.4 is 5.56 Å². The molecule has 0 atom stereocenters. The van der Waals surface area contributed by atoms with E-state index in [0.29, 0.717) is 22.3 Å². The van der Waals surface area contributed by atoms with Crippen molar-refractivity contribution in [3.63, 3.8) is 0 Å². The van der Waals surface area contributed by atoms with Crippen LogP contribution in [0.15, 0.2) is 23.0 Å². The molecule has 0 amide bonds. The Morgan fingerprint density at radius 3 is 2.83 bits per heavy atom. The number of carbonyl (C=O) groups excluding carboxylic acids is 1. The average molecular weight is 262 g/mol. The van der Waals surface area contributed by atoms with E-state index in [1.807, 2.05) is 0 Å². The minimum atomic E-state index is -0.166. The van der Waals surface area contributed by atoms with Gasteiger partial charge in [-0.1, -0.05) is 19.9 Å². The molecule has 5 heteroatoms. The number of aldehydes is 1. The van der Waals surface area contributed by atoms with E-state index in [4.69, 9.17) is 0 Å². The second-order valence-corrected chi connectivity index (χ2v) is 5.56. The number of thiazole rings is 1. The highest BCUT2D eigenvalue weighted by Gasteiger charge is 2.13. The number of carbonyl (C=O) groups is 1. The minimum absolute atomic E-state index is 0.166. The smallest absolute Gasteiger partial charge is 0.248 e. The molecule has 0 unspecified atom stereocenters. The van der Waals surface area contributed by atoms with Crippen LogP contribution in [0, 0.1) is 5.92 Å². The Hall–Kier alpha value is -1.75. The van der Waals surface area contributed by atoms with E-state index in [2.05, 4.69) is 23.8 Å². The summed E-state index contributed by atoms with van der Waals surface area (Å²) in [5, 5.41) is 0.686. The molecule has 4 nitrogen and oxygen atoms in total. The summed E-state index contributed by atoms with van der Waals surface area (Å²) >= 11 is 1.46. The van der Waals surface area contributed by atoms with Crippen molar-refractivity contribution in [2.24, 2.45) is 5.92 Å². The first-order valence-electron chi connectivity index (χ1n) is 5.74. The fourth-order valence-corrected chi connectivity index (χ4v) is 2.88. The van der Waals surface area contributed by atoms with Gasteiger partial charge in [0.15, 0.2) is 6.29 Å². The lowest BCUT2D eigenvalue weighted by atomic mass is 10.1. The Morgan fingerprint density at radius 1 is 1.44 bits per heavy atom. The van der Waals surface area contributed by atoms with Gasteiger partial charge in [0.25, 0.3) is 0 Å². The summed E-state index contributed by atoms with van der Waals surface area (Å²) in [5.74, 6) is 0.465. The van der Waals surface area contributed by atoms with Gasteiger partial charge in [0.2, 0.25) is 5.56 Å². The molecule has 0 saturated carbocycles. The molecule has 2 rings (SSSR count). The van der Waals surface area contributed by atoms with Crippen LogP contribution in [0.2, 0.25) is 0 Å². The molecule has 0 aliphatic rings. The SMILES string of the molecule is CC(C)Cc1sc(-c2cccc(=O)[nH]2)nc1C=O. The highest BCUT2D eigenvalue weighted by Crippen LogP contribution is 2.27. The molecule has 1 N–H and O–H groups in total. The molecule has 0 aliphatic heterocycles. The molecule has 2 aromatic rings. The fourth-order valence-electron chi connectivity index (χ4n) is 1.66. The van der Waals surface area contributed by atoms with Crippen LogP contribution in [0.3, 0.4) is 0 Å². The van der Waals surface area contributed by atoms with Crippen LogP contribution in [0.1, 0.15) is 29.2 Å². The topological polar surface area (TPSA) is 62.8 Å². The Bertz CT molecular complexity index is 613. The number of H-pyrrole nitrogens is 1. The van der Waals surface area contributed by atoms with Crippen molar-refractivity contribution in [1.82, 2.24) is 9.97 Å². The zero-order valence-corrected chi connectivity index (χ0v) is 11.1. The second kappa shape index (κ2) is 5.27. The van der Waals surface area contributed by atoms with Crippen molar-refractivity contribution in [2.75, 3.05) is 0 Å². The van der Waals surface area contributed by atoms with Crippen molar-refractivity contribution in [3.8, 4) is 10.7 Å². The summed E-state index contributed by atoms with van der Waals surface area (Å²) in [7, 11) is 0. The zero-order valence-electron chi connectivity index (χ0n) is 10.3. The number of hydrogen-bond donors (Lipinski definition) is 1. The zero-order chi connectivity index (χ0) is 13.1. The predicted octanol–water partition coefficient (Wildman–Crippen LogP) is 2.51. The highest BCUT2D eigenvalue weighted by molar-refractivity contribution is 7.15. The molecule has 94 valence electrons. The molecule has 0 spiro atoms. The number of nitrogens with one attached hydrogen (secondary N) is 1. The van der Waals surface area contributed by atoms with Gasteiger partial charge in [0, 0.05) is 10.9 Å². The van der Waals surface area contributed by atoms with Crippen LogP contribution in [0.4, 0.5) is 0 Å². The van der Waals surface area contributed by atoms with E-state index in [1.165, 1.54) is 17.4 Å². The van der Waals surface area contributed by atoms with Crippen molar-refractivity contribution >= 4 is 17.6 Å². The number of aromatic nitrogens is 2. The molecule has 0 radical (unpaired) electrons. The van der Waals surface area contributed by atoms with Gasteiger partial charge in [0.1, 0.15) is 10.7 Å². The molecular formula is C13H14N2O2S. The number of aromatic amines is 1. The molecule has 2 heterocycles. The van der Waals surface area contributed by atoms with Crippen molar-refractivity contribution in [2.45, 2.75) is 20.3 Å². The summed E-state index contributed by atoms with van der Waals surface area (Å²) in [4.78, 5) is 30.2. The second-order valence-electron chi connectivity index (χ2n) is 4.47. The van der Waals surface area contributed by atoms with Crippen LogP contribution in [-0.4, -0.2) is 16.3 Å². The maximum atomic E-state index is 11.3. The minimum Gasteiger partial charge on any atom is -0.320 e.